The van der Waals surface area contributed by atoms with Gasteiger partial charge in [0.15, 0.2) is 0 Å². The fourth-order valence-electron chi connectivity index (χ4n) is 0.541. The summed E-state index contributed by atoms with van der Waals surface area (Å²) in [6, 6.07) is 1.35. The molecule has 0 atom stereocenters. The van der Waals surface area contributed by atoms with Crippen LogP contribution in [0.15, 0.2) is 12.3 Å². The second kappa shape index (κ2) is 1.96. The smallest absolute Gasteiger partial charge is 0.145 e. The summed E-state index contributed by atoms with van der Waals surface area (Å²) in [5.74, 6) is -0.257. The van der Waals surface area contributed by atoms with E-state index in [9.17, 15) is 4.39 Å². The molecule has 0 spiro atoms. The van der Waals surface area contributed by atoms with E-state index < -0.39 is 0 Å². The number of H-pyrrole nitrogens is 1. The number of halogens is 1. The summed E-state index contributed by atoms with van der Waals surface area (Å²) in [5.41, 5.74) is 5.59. The van der Waals surface area contributed by atoms with Crippen LogP contribution in [-0.4, -0.2) is 4.98 Å². The Morgan fingerprint density at radius 1 is 1.75 bits per heavy atom. The predicted octanol–water partition coefficient (Wildman–Crippen LogP) is 0.613. The molecule has 0 aromatic carbocycles. The Bertz CT molecular complexity index is 171. The van der Waals surface area contributed by atoms with Crippen LogP contribution in [-0.2, 0) is 6.54 Å². The Labute approximate surface area is 46.5 Å². The zero-order valence-electron chi connectivity index (χ0n) is 4.32. The number of aromatic nitrogens is 1. The zero-order valence-corrected chi connectivity index (χ0v) is 4.32. The molecule has 2 nitrogen and oxygen atoms in total. The first-order chi connectivity index (χ1) is 3.84. The average Bonchev–Trinajstić information content (AvgIpc) is 2.14. The summed E-state index contributed by atoms with van der Waals surface area (Å²) < 4.78 is 12.2. The van der Waals surface area contributed by atoms with Crippen LogP contribution in [0.25, 0.3) is 0 Å². The third-order valence-electron chi connectivity index (χ3n) is 0.980. The largest absolute Gasteiger partial charge is 0.361 e. The summed E-state index contributed by atoms with van der Waals surface area (Å²) in [6.45, 7) is 0.235. The van der Waals surface area contributed by atoms with Crippen molar-refractivity contribution in [3.63, 3.8) is 0 Å². The van der Waals surface area contributed by atoms with E-state index in [0.717, 1.165) is 0 Å². The molecule has 0 unspecified atom stereocenters. The van der Waals surface area contributed by atoms with Gasteiger partial charge in [0.1, 0.15) is 5.82 Å². The minimum absolute atomic E-state index is 0.235. The minimum atomic E-state index is -0.257. The topological polar surface area (TPSA) is 41.8 Å². The molecule has 1 aromatic rings. The third kappa shape index (κ3) is 0.721. The van der Waals surface area contributed by atoms with Crippen LogP contribution in [0.2, 0.25) is 0 Å². The molecule has 0 saturated carbocycles. The highest BCUT2D eigenvalue weighted by Gasteiger charge is 1.96. The quantitative estimate of drug-likeness (QED) is 0.552. The average molecular weight is 114 g/mol. The fourth-order valence-corrected chi connectivity index (χ4v) is 0.541. The van der Waals surface area contributed by atoms with Crippen molar-refractivity contribution in [2.24, 2.45) is 5.73 Å². The van der Waals surface area contributed by atoms with Gasteiger partial charge in [0.2, 0.25) is 0 Å². The van der Waals surface area contributed by atoms with Gasteiger partial charge in [-0.05, 0) is 6.07 Å². The third-order valence-corrected chi connectivity index (χ3v) is 0.980. The van der Waals surface area contributed by atoms with E-state index in [2.05, 4.69) is 4.98 Å². The van der Waals surface area contributed by atoms with E-state index in [1.54, 1.807) is 0 Å². The highest BCUT2D eigenvalue weighted by atomic mass is 19.1. The lowest BCUT2D eigenvalue weighted by molar-refractivity contribution is 0.611. The van der Waals surface area contributed by atoms with Gasteiger partial charge in [0, 0.05) is 12.7 Å². The van der Waals surface area contributed by atoms with E-state index in [1.807, 2.05) is 0 Å². The van der Waals surface area contributed by atoms with E-state index in [0.29, 0.717) is 5.69 Å². The molecule has 0 saturated heterocycles. The SMILES string of the molecule is NCc1[nH]ccc1F. The fraction of sp³-hybridized carbons (Fsp3) is 0.200. The summed E-state index contributed by atoms with van der Waals surface area (Å²) >= 11 is 0. The molecule has 0 aliphatic carbocycles. The highest BCUT2D eigenvalue weighted by Crippen LogP contribution is 2.00. The van der Waals surface area contributed by atoms with Gasteiger partial charge >= 0.3 is 0 Å². The van der Waals surface area contributed by atoms with Gasteiger partial charge < -0.3 is 10.7 Å². The van der Waals surface area contributed by atoms with Crippen molar-refractivity contribution in [1.82, 2.24) is 4.98 Å². The van der Waals surface area contributed by atoms with Crippen LogP contribution in [0.3, 0.4) is 0 Å². The lowest BCUT2D eigenvalue weighted by Gasteiger charge is -1.86. The molecular formula is C5H7FN2. The molecule has 0 aliphatic rings. The second-order valence-electron chi connectivity index (χ2n) is 1.51. The monoisotopic (exact) mass is 114 g/mol. The van der Waals surface area contributed by atoms with Gasteiger partial charge in [-0.2, -0.15) is 0 Å². The molecule has 0 radical (unpaired) electrons. The van der Waals surface area contributed by atoms with Crippen molar-refractivity contribution in [1.29, 1.82) is 0 Å². The van der Waals surface area contributed by atoms with E-state index in [4.69, 9.17) is 5.73 Å². The predicted molar refractivity (Wildman–Crippen MR) is 28.6 cm³/mol. The first-order valence-electron chi connectivity index (χ1n) is 2.36. The molecule has 8 heavy (non-hydrogen) atoms. The summed E-state index contributed by atoms with van der Waals surface area (Å²) in [7, 11) is 0. The molecule has 3 heteroatoms. The van der Waals surface area contributed by atoms with Gasteiger partial charge in [0.25, 0.3) is 0 Å². The molecule has 44 valence electrons. The van der Waals surface area contributed by atoms with Crippen molar-refractivity contribution in [3.05, 3.63) is 23.8 Å². The Hall–Kier alpha value is -0.830. The van der Waals surface area contributed by atoms with E-state index in [1.165, 1.54) is 12.3 Å². The van der Waals surface area contributed by atoms with Crippen molar-refractivity contribution in [3.8, 4) is 0 Å². The van der Waals surface area contributed by atoms with Gasteiger partial charge in [0.05, 0.1) is 5.69 Å². The molecule has 1 rings (SSSR count). The van der Waals surface area contributed by atoms with Crippen LogP contribution >= 0.6 is 0 Å². The lowest BCUT2D eigenvalue weighted by atomic mass is 10.4. The van der Waals surface area contributed by atoms with Crippen molar-refractivity contribution >= 4 is 0 Å². The molecule has 0 aliphatic heterocycles. The summed E-state index contributed by atoms with van der Waals surface area (Å²) in [5, 5.41) is 0. The van der Waals surface area contributed by atoms with Crippen molar-refractivity contribution < 1.29 is 4.39 Å². The zero-order chi connectivity index (χ0) is 5.98. The van der Waals surface area contributed by atoms with Crippen LogP contribution in [0.1, 0.15) is 5.69 Å². The number of rotatable bonds is 1. The second-order valence-corrected chi connectivity index (χ2v) is 1.51. The highest BCUT2D eigenvalue weighted by molar-refractivity contribution is 5.06. The molecule has 0 bridgehead atoms. The maximum absolute atomic E-state index is 12.2. The Balaban J connectivity index is 2.92. The van der Waals surface area contributed by atoms with Gasteiger partial charge in [-0.3, -0.25) is 0 Å². The number of nitrogens with one attached hydrogen (secondary N) is 1. The van der Waals surface area contributed by atoms with E-state index >= 15 is 0 Å². The first kappa shape index (κ1) is 5.31. The Morgan fingerprint density at radius 3 is 2.75 bits per heavy atom. The van der Waals surface area contributed by atoms with Crippen LogP contribution in [0.4, 0.5) is 4.39 Å². The normalized spacial score (nSPS) is 9.75. The maximum atomic E-state index is 12.2. The molecule has 1 heterocycles. The van der Waals surface area contributed by atoms with Gasteiger partial charge in [-0.1, -0.05) is 0 Å². The number of hydrogen-bond acceptors (Lipinski definition) is 1. The first-order valence-corrected chi connectivity index (χ1v) is 2.36. The molecular weight excluding hydrogens is 107 g/mol. The Kier molecular flexibility index (Phi) is 1.30. The molecule has 0 fully saturated rings. The van der Waals surface area contributed by atoms with Crippen LogP contribution in [0.5, 0.6) is 0 Å². The molecule has 1 aromatic heterocycles. The number of hydrogen-bond donors (Lipinski definition) is 2. The summed E-state index contributed by atoms with van der Waals surface area (Å²) in [6.07, 6.45) is 1.53. The number of aromatic amines is 1. The van der Waals surface area contributed by atoms with Crippen LogP contribution < -0.4 is 5.73 Å². The van der Waals surface area contributed by atoms with E-state index in [-0.39, 0.29) is 12.4 Å². The van der Waals surface area contributed by atoms with Crippen molar-refractivity contribution in [2.75, 3.05) is 0 Å². The lowest BCUT2D eigenvalue weighted by Crippen LogP contribution is -1.97. The summed E-state index contributed by atoms with van der Waals surface area (Å²) in [4.78, 5) is 2.66. The van der Waals surface area contributed by atoms with Crippen LogP contribution in [0, 0.1) is 5.82 Å². The Morgan fingerprint density at radius 2 is 2.50 bits per heavy atom. The minimum Gasteiger partial charge on any atom is -0.361 e. The standard InChI is InChI=1S/C5H7FN2/c6-4-1-2-8-5(4)3-7/h1-2,8H,3,7H2. The number of nitrogens with two attached hydrogens (primary N) is 1. The van der Waals surface area contributed by atoms with Crippen molar-refractivity contribution in [2.45, 2.75) is 6.54 Å². The van der Waals surface area contributed by atoms with Gasteiger partial charge in [-0.25, -0.2) is 4.39 Å². The molecule has 0 amide bonds. The maximum Gasteiger partial charge on any atom is 0.145 e. The molecule has 3 N–H and O–H groups in total. The van der Waals surface area contributed by atoms with Gasteiger partial charge in [-0.15, -0.1) is 0 Å².